The van der Waals surface area contributed by atoms with Gasteiger partial charge in [-0.05, 0) is 79.9 Å². The normalized spacial score (nSPS) is 37.4. The fourth-order valence-corrected chi connectivity index (χ4v) is 8.83. The van der Waals surface area contributed by atoms with E-state index < -0.39 is 0 Å². The lowest BCUT2D eigenvalue weighted by molar-refractivity contribution is -0.133. The van der Waals surface area contributed by atoms with Crippen molar-refractivity contribution < 1.29 is 4.79 Å². The van der Waals surface area contributed by atoms with Crippen molar-refractivity contribution in [3.05, 3.63) is 54.4 Å². The van der Waals surface area contributed by atoms with Gasteiger partial charge in [0.05, 0.1) is 17.6 Å². The van der Waals surface area contributed by atoms with E-state index in [-0.39, 0.29) is 22.7 Å². The molecule has 2 aromatic heterocycles. The Balaban J connectivity index is 1.08. The molecule has 3 fully saturated rings. The highest BCUT2D eigenvalue weighted by Gasteiger charge is 2.61. The standard InChI is InChI=1S/C29H35N5O/c1-28-13-11-20-18(7-10-24-29(20,2)14-12-26-30-15-16-34(24)26)19(28)8-9-21(28)27(35)31-17-25-32-22-5-3-4-6-23(22)33-25/h3-6,12,14-16,18-21,24H,7-11,13,17H2,1-2H3,(H,31,35)(H,32,33)/t18-,19-,20-,21+,24?,28-,29+/m0/s1. The summed E-state index contributed by atoms with van der Waals surface area (Å²) in [5.41, 5.74) is 2.25. The van der Waals surface area contributed by atoms with Gasteiger partial charge in [0.15, 0.2) is 0 Å². The molecule has 1 aromatic carbocycles. The third-order valence-electron chi connectivity index (χ3n) is 10.5. The number of amides is 1. The molecule has 3 aromatic rings. The summed E-state index contributed by atoms with van der Waals surface area (Å²) in [5, 5.41) is 3.24. The molecule has 0 radical (unpaired) electrons. The minimum atomic E-state index is 0.0981. The summed E-state index contributed by atoms with van der Waals surface area (Å²) in [4.78, 5) is 26.0. The third kappa shape index (κ3) is 3.04. The highest BCUT2D eigenvalue weighted by Crippen LogP contribution is 2.67. The van der Waals surface area contributed by atoms with Crippen molar-refractivity contribution in [3.8, 4) is 0 Å². The molecule has 182 valence electrons. The maximum absolute atomic E-state index is 13.5. The van der Waals surface area contributed by atoms with Crippen molar-refractivity contribution in [1.82, 2.24) is 24.8 Å². The molecular formula is C29H35N5O. The number of benzene rings is 1. The quantitative estimate of drug-likeness (QED) is 0.532. The van der Waals surface area contributed by atoms with Crippen molar-refractivity contribution in [3.63, 3.8) is 0 Å². The van der Waals surface area contributed by atoms with E-state index in [1.165, 1.54) is 25.7 Å². The monoisotopic (exact) mass is 469 g/mol. The molecule has 6 heteroatoms. The number of H-pyrrole nitrogens is 1. The van der Waals surface area contributed by atoms with Gasteiger partial charge in [-0.2, -0.15) is 0 Å². The molecule has 1 aliphatic heterocycles. The van der Waals surface area contributed by atoms with Gasteiger partial charge in [0, 0.05) is 29.8 Å². The molecular weight excluding hydrogens is 434 g/mol. The molecule has 2 N–H and O–H groups in total. The van der Waals surface area contributed by atoms with Gasteiger partial charge in [-0.3, -0.25) is 4.79 Å². The number of allylic oxidation sites excluding steroid dienone is 1. The summed E-state index contributed by atoms with van der Waals surface area (Å²) in [6, 6.07) is 8.54. The van der Waals surface area contributed by atoms with Crippen molar-refractivity contribution in [2.45, 2.75) is 65.0 Å². The SMILES string of the molecule is C[C@]12CC[C@H]3[C@@H](CCC4n5ccnc5C=C[C@@]43C)[C@@H]1CC[C@@H]2C(=O)NCc1nc2ccccc2[nH]1. The third-order valence-corrected chi connectivity index (χ3v) is 10.5. The first-order valence-corrected chi connectivity index (χ1v) is 13.4. The number of para-hydroxylation sites is 2. The number of nitrogens with zero attached hydrogens (tertiary/aromatic N) is 3. The van der Waals surface area contributed by atoms with Gasteiger partial charge >= 0.3 is 0 Å². The van der Waals surface area contributed by atoms with Crippen molar-refractivity contribution in [1.29, 1.82) is 0 Å². The van der Waals surface area contributed by atoms with Gasteiger partial charge in [0.1, 0.15) is 11.6 Å². The number of carbonyl (C=O) groups excluding carboxylic acids is 1. The highest BCUT2D eigenvalue weighted by molar-refractivity contribution is 5.80. The van der Waals surface area contributed by atoms with Crippen LogP contribution in [-0.2, 0) is 11.3 Å². The number of carbonyl (C=O) groups is 1. The number of hydrogen-bond acceptors (Lipinski definition) is 3. The molecule has 4 aliphatic rings. The average Bonchev–Trinajstić information content (AvgIpc) is 3.58. The zero-order valence-electron chi connectivity index (χ0n) is 20.7. The van der Waals surface area contributed by atoms with Gasteiger partial charge < -0.3 is 14.9 Å². The fourth-order valence-electron chi connectivity index (χ4n) is 8.83. The Labute approximate surface area is 206 Å². The second kappa shape index (κ2) is 7.55. The van der Waals surface area contributed by atoms with Crippen LogP contribution >= 0.6 is 0 Å². The number of rotatable bonds is 3. The molecule has 35 heavy (non-hydrogen) atoms. The Morgan fingerprint density at radius 3 is 2.91 bits per heavy atom. The molecule has 7 atom stereocenters. The summed E-state index contributed by atoms with van der Waals surface area (Å²) in [6.07, 6.45) is 15.9. The minimum absolute atomic E-state index is 0.0981. The molecule has 1 amide bonds. The lowest BCUT2D eigenvalue weighted by Gasteiger charge is -2.59. The number of hydrogen-bond donors (Lipinski definition) is 2. The Kier molecular flexibility index (Phi) is 4.62. The number of imidazole rings is 2. The summed E-state index contributed by atoms with van der Waals surface area (Å²) in [5.74, 6) is 4.28. The Bertz CT molecular complexity index is 1290. The topological polar surface area (TPSA) is 75.6 Å². The second-order valence-corrected chi connectivity index (χ2v) is 12.0. The molecule has 3 aliphatic carbocycles. The van der Waals surface area contributed by atoms with Crippen LogP contribution in [0.3, 0.4) is 0 Å². The smallest absolute Gasteiger partial charge is 0.224 e. The molecule has 1 unspecified atom stereocenters. The molecule has 3 saturated carbocycles. The van der Waals surface area contributed by atoms with Gasteiger partial charge in [0.2, 0.25) is 5.91 Å². The predicted molar refractivity (Wildman–Crippen MR) is 136 cm³/mol. The van der Waals surface area contributed by atoms with Crippen molar-refractivity contribution >= 4 is 23.0 Å². The number of nitrogens with one attached hydrogen (secondary N) is 2. The average molecular weight is 470 g/mol. The first kappa shape index (κ1) is 21.4. The minimum Gasteiger partial charge on any atom is -0.349 e. The largest absolute Gasteiger partial charge is 0.349 e. The first-order valence-electron chi connectivity index (χ1n) is 13.4. The molecule has 0 saturated heterocycles. The van der Waals surface area contributed by atoms with E-state index >= 15 is 0 Å². The summed E-state index contributed by atoms with van der Waals surface area (Å²) in [7, 11) is 0. The van der Waals surface area contributed by atoms with E-state index in [2.05, 4.69) is 57.0 Å². The van der Waals surface area contributed by atoms with Gasteiger partial charge in [0.25, 0.3) is 0 Å². The van der Waals surface area contributed by atoms with Crippen LogP contribution in [0.25, 0.3) is 17.1 Å². The molecule has 0 spiro atoms. The van der Waals surface area contributed by atoms with E-state index in [0.29, 0.717) is 30.3 Å². The number of aromatic nitrogens is 4. The van der Waals surface area contributed by atoms with Gasteiger partial charge in [-0.15, -0.1) is 0 Å². The second-order valence-electron chi connectivity index (χ2n) is 12.0. The number of aromatic amines is 1. The fraction of sp³-hybridized carbons (Fsp3) is 0.552. The maximum atomic E-state index is 13.5. The molecule has 3 heterocycles. The Hall–Kier alpha value is -2.89. The Morgan fingerprint density at radius 2 is 2.03 bits per heavy atom. The maximum Gasteiger partial charge on any atom is 0.224 e. The van der Waals surface area contributed by atoms with E-state index in [1.807, 2.05) is 30.5 Å². The van der Waals surface area contributed by atoms with E-state index in [4.69, 9.17) is 0 Å². The molecule has 0 bridgehead atoms. The van der Waals surface area contributed by atoms with Crippen LogP contribution in [0.1, 0.15) is 70.1 Å². The highest BCUT2D eigenvalue weighted by atomic mass is 16.1. The molecule has 6 nitrogen and oxygen atoms in total. The van der Waals surface area contributed by atoms with Crippen LogP contribution in [0.5, 0.6) is 0 Å². The van der Waals surface area contributed by atoms with Crippen LogP contribution in [0, 0.1) is 34.5 Å². The van der Waals surface area contributed by atoms with Crippen LogP contribution in [0.15, 0.2) is 42.7 Å². The van der Waals surface area contributed by atoms with Gasteiger partial charge in [-0.1, -0.05) is 32.1 Å². The summed E-state index contributed by atoms with van der Waals surface area (Å²) in [6.45, 7) is 5.38. The molecule has 7 rings (SSSR count). The summed E-state index contributed by atoms with van der Waals surface area (Å²) >= 11 is 0. The van der Waals surface area contributed by atoms with Crippen LogP contribution in [0.2, 0.25) is 0 Å². The van der Waals surface area contributed by atoms with Crippen LogP contribution in [-0.4, -0.2) is 25.4 Å². The van der Waals surface area contributed by atoms with E-state index in [0.717, 1.165) is 35.5 Å². The van der Waals surface area contributed by atoms with Crippen molar-refractivity contribution in [2.75, 3.05) is 0 Å². The predicted octanol–water partition coefficient (Wildman–Crippen LogP) is 5.50. The number of fused-ring (bicyclic) bond motifs is 8. The zero-order valence-corrected chi connectivity index (χ0v) is 20.7. The van der Waals surface area contributed by atoms with Crippen LogP contribution in [0.4, 0.5) is 0 Å². The van der Waals surface area contributed by atoms with Crippen LogP contribution < -0.4 is 5.32 Å². The summed E-state index contributed by atoms with van der Waals surface area (Å²) < 4.78 is 2.42. The Morgan fingerprint density at radius 1 is 1.14 bits per heavy atom. The van der Waals surface area contributed by atoms with Crippen molar-refractivity contribution in [2.24, 2.45) is 34.5 Å². The van der Waals surface area contributed by atoms with E-state index in [9.17, 15) is 4.79 Å². The lowest BCUT2D eigenvalue weighted by Crippen LogP contribution is -2.53. The lowest BCUT2D eigenvalue weighted by atomic mass is 9.48. The zero-order chi connectivity index (χ0) is 23.8. The van der Waals surface area contributed by atoms with E-state index in [1.54, 1.807) is 0 Å². The van der Waals surface area contributed by atoms with Gasteiger partial charge in [-0.25, -0.2) is 9.97 Å². The first-order chi connectivity index (χ1) is 17.0.